The molecule has 6 nitrogen and oxygen atoms in total. The molecule has 2 aromatic carbocycles. The van der Waals surface area contributed by atoms with Crippen LogP contribution in [0.25, 0.3) is 0 Å². The Labute approximate surface area is 187 Å². The zero-order valence-electron chi connectivity index (χ0n) is 18.3. The maximum Gasteiger partial charge on any atom is 0.251 e. The van der Waals surface area contributed by atoms with E-state index in [-0.39, 0.29) is 29.4 Å². The number of thioether (sulfide) groups is 1. The van der Waals surface area contributed by atoms with Gasteiger partial charge in [-0.05, 0) is 31.9 Å². The number of nitrogens with one attached hydrogen (secondary N) is 1. The number of carbonyl (C=O) groups excluding carboxylic acids is 2. The molecule has 0 spiro atoms. The molecular formula is C24H28N4O2S. The normalized spacial score (nSPS) is 12.0. The monoisotopic (exact) mass is 436 g/mol. The Balaban J connectivity index is 1.76. The van der Waals surface area contributed by atoms with Gasteiger partial charge in [0, 0.05) is 17.7 Å². The number of benzene rings is 2. The van der Waals surface area contributed by atoms with Crippen LogP contribution in [0.15, 0.2) is 59.8 Å². The minimum absolute atomic E-state index is 0.0471. The minimum atomic E-state index is -0.291. The van der Waals surface area contributed by atoms with E-state index in [0.29, 0.717) is 28.7 Å². The van der Waals surface area contributed by atoms with E-state index in [2.05, 4.69) is 15.5 Å². The summed E-state index contributed by atoms with van der Waals surface area (Å²) in [6, 6.07) is 16.4. The van der Waals surface area contributed by atoms with Gasteiger partial charge in [0.2, 0.25) is 0 Å². The van der Waals surface area contributed by atoms with Crippen molar-refractivity contribution in [3.63, 3.8) is 0 Å². The van der Waals surface area contributed by atoms with Gasteiger partial charge in [-0.3, -0.25) is 9.59 Å². The Kier molecular flexibility index (Phi) is 7.63. The van der Waals surface area contributed by atoms with Crippen molar-refractivity contribution in [3.05, 3.63) is 77.1 Å². The summed E-state index contributed by atoms with van der Waals surface area (Å²) in [5, 5.41) is 12.5. The number of hydrogen-bond donors (Lipinski definition) is 1. The Morgan fingerprint density at radius 3 is 2.29 bits per heavy atom. The third kappa shape index (κ3) is 5.61. The fourth-order valence-corrected chi connectivity index (χ4v) is 4.13. The fraction of sp³-hybridized carbons (Fsp3) is 0.333. The number of ketones is 1. The summed E-state index contributed by atoms with van der Waals surface area (Å²) < 4.78 is 1.98. The van der Waals surface area contributed by atoms with Gasteiger partial charge in [0.1, 0.15) is 0 Å². The van der Waals surface area contributed by atoms with Gasteiger partial charge in [0.15, 0.2) is 16.8 Å². The van der Waals surface area contributed by atoms with Crippen LogP contribution in [0.3, 0.4) is 0 Å². The second-order valence-corrected chi connectivity index (χ2v) is 8.67. The molecule has 0 aliphatic rings. The lowest BCUT2D eigenvalue weighted by Crippen LogP contribution is -2.33. The van der Waals surface area contributed by atoms with Crippen LogP contribution in [0.1, 0.15) is 58.9 Å². The number of amides is 1. The quantitative estimate of drug-likeness (QED) is 0.388. The van der Waals surface area contributed by atoms with Crippen molar-refractivity contribution in [2.75, 3.05) is 5.75 Å². The first-order valence-electron chi connectivity index (χ1n) is 10.4. The number of aryl methyl sites for hydroxylation is 1. The van der Waals surface area contributed by atoms with E-state index in [1.54, 1.807) is 0 Å². The van der Waals surface area contributed by atoms with Crippen molar-refractivity contribution in [2.24, 2.45) is 5.92 Å². The van der Waals surface area contributed by atoms with Gasteiger partial charge in [-0.25, -0.2) is 0 Å². The van der Waals surface area contributed by atoms with Crippen LogP contribution in [0.2, 0.25) is 0 Å². The highest BCUT2D eigenvalue weighted by Gasteiger charge is 2.26. The van der Waals surface area contributed by atoms with E-state index in [1.165, 1.54) is 11.8 Å². The first-order chi connectivity index (χ1) is 14.9. The lowest BCUT2D eigenvalue weighted by molar-refractivity contribution is 0.0921. The van der Waals surface area contributed by atoms with E-state index >= 15 is 0 Å². The van der Waals surface area contributed by atoms with E-state index in [0.717, 1.165) is 5.56 Å². The minimum Gasteiger partial charge on any atom is -0.342 e. The third-order valence-electron chi connectivity index (χ3n) is 5.03. The molecule has 31 heavy (non-hydrogen) atoms. The first-order valence-corrected chi connectivity index (χ1v) is 11.4. The maximum atomic E-state index is 12.8. The second kappa shape index (κ2) is 10.4. The molecule has 1 atom stereocenters. The van der Waals surface area contributed by atoms with Crippen molar-refractivity contribution in [2.45, 2.75) is 45.4 Å². The Morgan fingerprint density at radius 2 is 1.68 bits per heavy atom. The molecule has 0 bridgehead atoms. The Morgan fingerprint density at radius 1 is 1.00 bits per heavy atom. The highest BCUT2D eigenvalue weighted by Crippen LogP contribution is 2.26. The number of aromatic nitrogens is 3. The largest absolute Gasteiger partial charge is 0.342 e. The molecule has 0 fully saturated rings. The van der Waals surface area contributed by atoms with Crippen molar-refractivity contribution >= 4 is 23.5 Å². The Bertz CT molecular complexity index is 1030. The molecular weight excluding hydrogens is 408 g/mol. The van der Waals surface area contributed by atoms with Crippen LogP contribution in [0.5, 0.6) is 0 Å². The summed E-state index contributed by atoms with van der Waals surface area (Å²) >= 11 is 1.37. The van der Waals surface area contributed by atoms with Crippen molar-refractivity contribution in [1.29, 1.82) is 0 Å². The highest BCUT2D eigenvalue weighted by molar-refractivity contribution is 7.99. The number of rotatable bonds is 9. The predicted octanol–water partition coefficient (Wildman–Crippen LogP) is 4.71. The predicted molar refractivity (Wildman–Crippen MR) is 123 cm³/mol. The van der Waals surface area contributed by atoms with Gasteiger partial charge in [-0.2, -0.15) is 0 Å². The number of nitrogens with zero attached hydrogens (tertiary/aromatic N) is 3. The zero-order valence-corrected chi connectivity index (χ0v) is 19.1. The van der Waals surface area contributed by atoms with Crippen molar-refractivity contribution in [1.82, 2.24) is 20.1 Å². The molecule has 1 N–H and O–H groups in total. The van der Waals surface area contributed by atoms with Crippen LogP contribution in [0, 0.1) is 12.8 Å². The zero-order chi connectivity index (χ0) is 22.4. The molecule has 1 aromatic heterocycles. The lowest BCUT2D eigenvalue weighted by atomic mass is 10.0. The van der Waals surface area contributed by atoms with Crippen LogP contribution in [0.4, 0.5) is 0 Å². The molecule has 1 heterocycles. The summed E-state index contributed by atoms with van der Waals surface area (Å²) in [4.78, 5) is 25.3. The average Bonchev–Trinajstić information content (AvgIpc) is 3.18. The van der Waals surface area contributed by atoms with Crippen LogP contribution in [-0.4, -0.2) is 32.2 Å². The van der Waals surface area contributed by atoms with Gasteiger partial charge in [-0.1, -0.05) is 73.6 Å². The average molecular weight is 437 g/mol. The molecule has 7 heteroatoms. The number of hydrogen-bond acceptors (Lipinski definition) is 5. The molecule has 1 unspecified atom stereocenters. The molecule has 0 aliphatic carbocycles. The van der Waals surface area contributed by atoms with Crippen LogP contribution >= 0.6 is 11.8 Å². The smallest absolute Gasteiger partial charge is 0.251 e. The molecule has 0 saturated carbocycles. The van der Waals surface area contributed by atoms with Crippen LogP contribution < -0.4 is 5.32 Å². The Hall–Kier alpha value is -2.93. The van der Waals surface area contributed by atoms with E-state index in [1.807, 2.05) is 86.9 Å². The maximum absolute atomic E-state index is 12.8. The van der Waals surface area contributed by atoms with E-state index < -0.39 is 0 Å². The standard InChI is InChI=1S/C24H28N4O2S/c1-5-28-22(21(16(2)3)25-23(30)19-13-11-17(4)12-14-19)26-27-24(28)31-15-20(29)18-9-7-6-8-10-18/h6-14,16,21H,5,15H2,1-4H3,(H,25,30). The van der Waals surface area contributed by atoms with Gasteiger partial charge in [0.25, 0.3) is 5.91 Å². The summed E-state index contributed by atoms with van der Waals surface area (Å²) in [6.45, 7) is 8.73. The lowest BCUT2D eigenvalue weighted by Gasteiger charge is -2.22. The van der Waals surface area contributed by atoms with Gasteiger partial charge in [0.05, 0.1) is 11.8 Å². The summed E-state index contributed by atoms with van der Waals surface area (Å²) in [7, 11) is 0. The summed E-state index contributed by atoms with van der Waals surface area (Å²) in [6.07, 6.45) is 0. The van der Waals surface area contributed by atoms with E-state index in [9.17, 15) is 9.59 Å². The van der Waals surface area contributed by atoms with Gasteiger partial charge in [-0.15, -0.1) is 10.2 Å². The van der Waals surface area contributed by atoms with Gasteiger partial charge >= 0.3 is 0 Å². The van der Waals surface area contributed by atoms with Crippen LogP contribution in [-0.2, 0) is 6.54 Å². The fourth-order valence-electron chi connectivity index (χ4n) is 3.23. The second-order valence-electron chi connectivity index (χ2n) is 7.72. The summed E-state index contributed by atoms with van der Waals surface area (Å²) in [5.41, 5.74) is 2.40. The molecule has 3 rings (SSSR count). The molecule has 162 valence electrons. The number of carbonyl (C=O) groups is 2. The SMILES string of the molecule is CCn1c(SCC(=O)c2ccccc2)nnc1C(NC(=O)c1ccc(C)cc1)C(C)C. The number of Topliss-reactive ketones (excluding diaryl/α,β-unsaturated/α-hetero) is 1. The van der Waals surface area contributed by atoms with Crippen molar-refractivity contribution < 1.29 is 9.59 Å². The van der Waals surface area contributed by atoms with E-state index in [4.69, 9.17) is 0 Å². The topological polar surface area (TPSA) is 76.9 Å². The summed E-state index contributed by atoms with van der Waals surface area (Å²) in [5.74, 6) is 1.01. The molecule has 0 aliphatic heterocycles. The third-order valence-corrected chi connectivity index (χ3v) is 6.00. The van der Waals surface area contributed by atoms with Gasteiger partial charge < -0.3 is 9.88 Å². The molecule has 0 radical (unpaired) electrons. The molecule has 1 amide bonds. The first kappa shape index (κ1) is 22.7. The van der Waals surface area contributed by atoms with Crippen molar-refractivity contribution in [3.8, 4) is 0 Å². The molecule has 3 aromatic rings. The molecule has 0 saturated heterocycles. The highest BCUT2D eigenvalue weighted by atomic mass is 32.2.